The van der Waals surface area contributed by atoms with Crippen molar-refractivity contribution in [2.24, 2.45) is 5.92 Å². The normalized spacial score (nSPS) is 23.9. The van der Waals surface area contributed by atoms with Crippen molar-refractivity contribution in [2.75, 3.05) is 13.2 Å². The van der Waals surface area contributed by atoms with Gasteiger partial charge in [-0.05, 0) is 18.6 Å². The van der Waals surface area contributed by atoms with Gasteiger partial charge in [0.15, 0.2) is 6.29 Å². The van der Waals surface area contributed by atoms with Crippen LogP contribution >= 0.6 is 0 Å². The molecule has 17 heavy (non-hydrogen) atoms. The maximum absolute atomic E-state index is 8.71. The summed E-state index contributed by atoms with van der Waals surface area (Å²) in [5, 5.41) is 8.71. The largest absolute Gasteiger partial charge is 0.348 e. The summed E-state index contributed by atoms with van der Waals surface area (Å²) < 4.78 is 11.3. The molecule has 0 radical (unpaired) electrons. The van der Waals surface area contributed by atoms with E-state index in [0.717, 1.165) is 12.0 Å². The molecule has 0 N–H and O–H groups in total. The molecule has 0 unspecified atom stereocenters. The SMILES string of the molecule is C=CCC1COC(c2ccc(C#N)cc2)OC1. The average molecular weight is 229 g/mol. The molecule has 88 valence electrons. The lowest BCUT2D eigenvalue weighted by Crippen LogP contribution is -2.26. The Labute approximate surface area is 101 Å². The highest BCUT2D eigenvalue weighted by molar-refractivity contribution is 5.32. The van der Waals surface area contributed by atoms with Crippen LogP contribution in [0, 0.1) is 17.2 Å². The smallest absolute Gasteiger partial charge is 0.183 e. The zero-order chi connectivity index (χ0) is 12.1. The van der Waals surface area contributed by atoms with Gasteiger partial charge in [-0.2, -0.15) is 5.26 Å². The molecule has 1 saturated heterocycles. The van der Waals surface area contributed by atoms with Gasteiger partial charge in [0.2, 0.25) is 0 Å². The van der Waals surface area contributed by atoms with Crippen LogP contribution in [0.4, 0.5) is 0 Å². The summed E-state index contributed by atoms with van der Waals surface area (Å²) in [4.78, 5) is 0. The van der Waals surface area contributed by atoms with E-state index in [9.17, 15) is 0 Å². The molecule has 3 heteroatoms. The van der Waals surface area contributed by atoms with E-state index in [1.54, 1.807) is 12.1 Å². The second-order valence-corrected chi connectivity index (χ2v) is 4.12. The molecule has 0 atom stereocenters. The molecule has 1 aromatic carbocycles. The molecular weight excluding hydrogens is 214 g/mol. The second-order valence-electron chi connectivity index (χ2n) is 4.12. The fourth-order valence-corrected chi connectivity index (χ4v) is 1.82. The van der Waals surface area contributed by atoms with Crippen LogP contribution in [0.25, 0.3) is 0 Å². The highest BCUT2D eigenvalue weighted by atomic mass is 16.7. The lowest BCUT2D eigenvalue weighted by atomic mass is 10.1. The lowest BCUT2D eigenvalue weighted by Gasteiger charge is -2.29. The molecule has 1 heterocycles. The molecule has 0 aromatic heterocycles. The number of ether oxygens (including phenoxy) is 2. The van der Waals surface area contributed by atoms with Crippen LogP contribution in [0.1, 0.15) is 23.8 Å². The fourth-order valence-electron chi connectivity index (χ4n) is 1.82. The van der Waals surface area contributed by atoms with E-state index in [1.807, 2.05) is 18.2 Å². The fraction of sp³-hybridized carbons (Fsp3) is 0.357. The van der Waals surface area contributed by atoms with Crippen molar-refractivity contribution in [1.82, 2.24) is 0 Å². The number of hydrogen-bond donors (Lipinski definition) is 0. The number of nitrogens with zero attached hydrogens (tertiary/aromatic N) is 1. The van der Waals surface area contributed by atoms with Gasteiger partial charge >= 0.3 is 0 Å². The first-order chi connectivity index (χ1) is 8.33. The topological polar surface area (TPSA) is 42.2 Å². The quantitative estimate of drug-likeness (QED) is 0.748. The van der Waals surface area contributed by atoms with Gasteiger partial charge in [-0.25, -0.2) is 0 Å². The first-order valence-electron chi connectivity index (χ1n) is 5.67. The van der Waals surface area contributed by atoms with Crippen molar-refractivity contribution in [3.05, 3.63) is 48.0 Å². The summed E-state index contributed by atoms with van der Waals surface area (Å²) in [6.07, 6.45) is 2.50. The molecule has 0 spiro atoms. The summed E-state index contributed by atoms with van der Waals surface area (Å²) in [7, 11) is 0. The van der Waals surface area contributed by atoms with E-state index < -0.39 is 0 Å². The maximum atomic E-state index is 8.71. The monoisotopic (exact) mass is 229 g/mol. The van der Waals surface area contributed by atoms with Gasteiger partial charge in [-0.1, -0.05) is 18.2 Å². The van der Waals surface area contributed by atoms with E-state index in [0.29, 0.717) is 24.7 Å². The van der Waals surface area contributed by atoms with E-state index in [1.165, 1.54) is 0 Å². The molecule has 0 bridgehead atoms. The third-order valence-electron chi connectivity index (χ3n) is 2.78. The van der Waals surface area contributed by atoms with Crippen LogP contribution < -0.4 is 0 Å². The lowest BCUT2D eigenvalue weighted by molar-refractivity contribution is -0.204. The first kappa shape index (κ1) is 11.8. The van der Waals surface area contributed by atoms with Crippen LogP contribution in [-0.2, 0) is 9.47 Å². The molecule has 1 aliphatic rings. The Morgan fingerprint density at radius 2 is 1.94 bits per heavy atom. The van der Waals surface area contributed by atoms with E-state index >= 15 is 0 Å². The van der Waals surface area contributed by atoms with Gasteiger partial charge < -0.3 is 9.47 Å². The third-order valence-corrected chi connectivity index (χ3v) is 2.78. The summed E-state index contributed by atoms with van der Waals surface area (Å²) >= 11 is 0. The molecule has 1 aliphatic heterocycles. The van der Waals surface area contributed by atoms with Crippen molar-refractivity contribution in [2.45, 2.75) is 12.7 Å². The van der Waals surface area contributed by atoms with E-state index in [4.69, 9.17) is 14.7 Å². The molecule has 0 saturated carbocycles. The average Bonchev–Trinajstić information content (AvgIpc) is 2.40. The van der Waals surface area contributed by atoms with Gasteiger partial charge in [0.05, 0.1) is 24.8 Å². The maximum Gasteiger partial charge on any atom is 0.183 e. The van der Waals surface area contributed by atoms with Crippen LogP contribution in [0.2, 0.25) is 0 Å². The van der Waals surface area contributed by atoms with Crippen molar-refractivity contribution < 1.29 is 9.47 Å². The van der Waals surface area contributed by atoms with Gasteiger partial charge in [0.25, 0.3) is 0 Å². The number of benzene rings is 1. The van der Waals surface area contributed by atoms with Crippen molar-refractivity contribution in [1.29, 1.82) is 5.26 Å². The Bertz CT molecular complexity index is 411. The molecule has 1 aromatic rings. The van der Waals surface area contributed by atoms with Gasteiger partial charge in [0, 0.05) is 11.5 Å². The van der Waals surface area contributed by atoms with Crippen LogP contribution in [0.5, 0.6) is 0 Å². The summed E-state index contributed by atoms with van der Waals surface area (Å²) in [5.41, 5.74) is 1.61. The molecule has 2 rings (SSSR count). The van der Waals surface area contributed by atoms with Crippen molar-refractivity contribution >= 4 is 0 Å². The minimum Gasteiger partial charge on any atom is -0.348 e. The molecule has 3 nitrogen and oxygen atoms in total. The number of hydrogen-bond acceptors (Lipinski definition) is 3. The van der Waals surface area contributed by atoms with Crippen molar-refractivity contribution in [3.8, 4) is 6.07 Å². The minimum absolute atomic E-state index is 0.302. The highest BCUT2D eigenvalue weighted by Gasteiger charge is 2.22. The van der Waals surface area contributed by atoms with Crippen LogP contribution in [0.3, 0.4) is 0 Å². The zero-order valence-corrected chi connectivity index (χ0v) is 9.63. The minimum atomic E-state index is -0.302. The predicted octanol–water partition coefficient (Wildman–Crippen LogP) is 2.80. The third kappa shape index (κ3) is 2.94. The van der Waals surface area contributed by atoms with Crippen LogP contribution in [-0.4, -0.2) is 13.2 Å². The Balaban J connectivity index is 1.96. The van der Waals surface area contributed by atoms with Gasteiger partial charge in [-0.15, -0.1) is 6.58 Å². The summed E-state index contributed by atoms with van der Waals surface area (Å²) in [6.45, 7) is 5.09. The Kier molecular flexibility index (Phi) is 3.92. The van der Waals surface area contributed by atoms with E-state index in [2.05, 4.69) is 12.6 Å². The molecule has 0 amide bonds. The standard InChI is InChI=1S/C14H15NO2/c1-2-3-12-9-16-14(17-10-12)13-6-4-11(8-15)5-7-13/h2,4-7,12,14H,1,3,9-10H2. The highest BCUT2D eigenvalue weighted by Crippen LogP contribution is 2.26. The van der Waals surface area contributed by atoms with Crippen molar-refractivity contribution in [3.63, 3.8) is 0 Å². The number of rotatable bonds is 3. The second kappa shape index (κ2) is 5.62. The Morgan fingerprint density at radius 3 is 2.47 bits per heavy atom. The zero-order valence-electron chi connectivity index (χ0n) is 9.63. The Hall–Kier alpha value is -1.63. The summed E-state index contributed by atoms with van der Waals surface area (Å²) in [5.74, 6) is 0.405. The Morgan fingerprint density at radius 1 is 1.29 bits per heavy atom. The molecule has 1 fully saturated rings. The van der Waals surface area contributed by atoms with Crippen LogP contribution in [0.15, 0.2) is 36.9 Å². The van der Waals surface area contributed by atoms with E-state index in [-0.39, 0.29) is 6.29 Å². The summed E-state index contributed by atoms with van der Waals surface area (Å²) in [6, 6.07) is 9.38. The van der Waals surface area contributed by atoms with Gasteiger partial charge in [-0.3, -0.25) is 0 Å². The molecule has 0 aliphatic carbocycles. The number of nitriles is 1. The number of allylic oxidation sites excluding steroid dienone is 1. The predicted molar refractivity (Wildman–Crippen MR) is 64.1 cm³/mol. The molecular formula is C14H15NO2. The van der Waals surface area contributed by atoms with Gasteiger partial charge in [0.1, 0.15) is 0 Å². The first-order valence-corrected chi connectivity index (χ1v) is 5.67.